The Balaban J connectivity index is 1.33. The quantitative estimate of drug-likeness (QED) is 0.601. The summed E-state index contributed by atoms with van der Waals surface area (Å²) >= 11 is 0. The van der Waals surface area contributed by atoms with Gasteiger partial charge in [-0.15, -0.1) is 0 Å². The van der Waals surface area contributed by atoms with Gasteiger partial charge in [0.15, 0.2) is 6.54 Å². The summed E-state index contributed by atoms with van der Waals surface area (Å²) in [5.74, 6) is -0.837. The third-order valence-corrected chi connectivity index (χ3v) is 6.12. The molecule has 0 bridgehead atoms. The number of carbonyl (C=O) groups is 3. The number of urea groups is 1. The summed E-state index contributed by atoms with van der Waals surface area (Å²) in [5.41, 5.74) is 4.44. The number of hydrogen-bond acceptors (Lipinski definition) is 4. The fourth-order valence-electron chi connectivity index (χ4n) is 4.26. The van der Waals surface area contributed by atoms with E-state index in [1.54, 1.807) is 31.2 Å². The van der Waals surface area contributed by atoms with Gasteiger partial charge in [0.05, 0.1) is 26.2 Å². The van der Waals surface area contributed by atoms with Crippen molar-refractivity contribution >= 4 is 23.5 Å². The molecule has 0 aliphatic carbocycles. The van der Waals surface area contributed by atoms with Crippen molar-refractivity contribution in [3.63, 3.8) is 0 Å². The summed E-state index contributed by atoms with van der Waals surface area (Å²) in [6.07, 6.45) is 0. The van der Waals surface area contributed by atoms with Gasteiger partial charge in [-0.2, -0.15) is 5.01 Å². The molecular weight excluding hydrogens is 394 g/mol. The van der Waals surface area contributed by atoms with Gasteiger partial charge in [-0.25, -0.2) is 4.79 Å². The number of anilines is 1. The van der Waals surface area contributed by atoms with Crippen LogP contribution in [-0.4, -0.2) is 55.6 Å². The Morgan fingerprint density at radius 1 is 1.06 bits per heavy atom. The van der Waals surface area contributed by atoms with Gasteiger partial charge in [-0.05, 0) is 31.0 Å². The second kappa shape index (κ2) is 8.39. The molecule has 1 atom stereocenters. The number of amides is 4. The van der Waals surface area contributed by atoms with E-state index in [-0.39, 0.29) is 12.5 Å². The standard InChI is InChI=1S/C23H27N5O3/c1-17-8-6-7-11-19(17)27-14-12-26(13-15-27)16-20(29)25-28-21(30)23(2,24-22(28)31)18-9-4-3-5-10-18/h3-11H,12-16H2,1-2H3,(H,24,31)(H,25,29)/p+1/t23-/m1/s1. The molecule has 0 radical (unpaired) electrons. The van der Waals surface area contributed by atoms with Gasteiger partial charge in [-0.3, -0.25) is 15.0 Å². The lowest BCUT2D eigenvalue weighted by Crippen LogP contribution is -3.16. The lowest BCUT2D eigenvalue weighted by Gasteiger charge is -2.34. The van der Waals surface area contributed by atoms with Crippen LogP contribution in [-0.2, 0) is 15.1 Å². The predicted octanol–water partition coefficient (Wildman–Crippen LogP) is 0.198. The van der Waals surface area contributed by atoms with Crippen molar-refractivity contribution in [3.05, 3.63) is 65.7 Å². The molecule has 8 heteroatoms. The molecule has 2 aromatic rings. The third kappa shape index (κ3) is 4.11. The maximum atomic E-state index is 12.9. The fraction of sp³-hybridized carbons (Fsp3) is 0.348. The molecule has 0 aromatic heterocycles. The molecule has 2 aliphatic heterocycles. The number of hydrazine groups is 1. The first kappa shape index (κ1) is 20.9. The lowest BCUT2D eigenvalue weighted by atomic mass is 9.92. The van der Waals surface area contributed by atoms with Crippen LogP contribution in [0.5, 0.6) is 0 Å². The molecule has 2 fully saturated rings. The maximum Gasteiger partial charge on any atom is 0.344 e. The van der Waals surface area contributed by atoms with Crippen molar-refractivity contribution in [1.29, 1.82) is 0 Å². The van der Waals surface area contributed by atoms with E-state index in [1.807, 2.05) is 18.2 Å². The fourth-order valence-corrected chi connectivity index (χ4v) is 4.26. The topological polar surface area (TPSA) is 86.2 Å². The van der Waals surface area contributed by atoms with E-state index >= 15 is 0 Å². The number of imide groups is 1. The molecule has 2 heterocycles. The maximum absolute atomic E-state index is 12.9. The predicted molar refractivity (Wildman–Crippen MR) is 116 cm³/mol. The van der Waals surface area contributed by atoms with Crippen molar-refractivity contribution in [1.82, 2.24) is 15.8 Å². The number of para-hydroxylation sites is 1. The van der Waals surface area contributed by atoms with E-state index < -0.39 is 17.5 Å². The smallest absolute Gasteiger partial charge is 0.344 e. The van der Waals surface area contributed by atoms with Crippen LogP contribution in [0.25, 0.3) is 0 Å². The molecule has 2 aliphatic rings. The number of nitrogens with zero attached hydrogens (tertiary/aromatic N) is 2. The number of aryl methyl sites for hydroxylation is 1. The van der Waals surface area contributed by atoms with E-state index in [0.29, 0.717) is 5.56 Å². The second-order valence-corrected chi connectivity index (χ2v) is 8.30. The highest BCUT2D eigenvalue weighted by Crippen LogP contribution is 2.27. The van der Waals surface area contributed by atoms with E-state index in [9.17, 15) is 14.4 Å². The van der Waals surface area contributed by atoms with Gasteiger partial charge in [0.25, 0.3) is 11.8 Å². The van der Waals surface area contributed by atoms with Gasteiger partial charge >= 0.3 is 6.03 Å². The molecule has 162 valence electrons. The molecule has 8 nitrogen and oxygen atoms in total. The first-order valence-corrected chi connectivity index (χ1v) is 10.5. The molecule has 3 N–H and O–H groups in total. The van der Waals surface area contributed by atoms with Crippen LogP contribution in [0.2, 0.25) is 0 Å². The van der Waals surface area contributed by atoms with E-state index in [1.165, 1.54) is 11.3 Å². The summed E-state index contributed by atoms with van der Waals surface area (Å²) in [6, 6.07) is 16.7. The summed E-state index contributed by atoms with van der Waals surface area (Å²) in [4.78, 5) is 41.4. The van der Waals surface area contributed by atoms with Crippen LogP contribution in [0.4, 0.5) is 10.5 Å². The minimum Gasteiger partial charge on any atom is -0.360 e. The van der Waals surface area contributed by atoms with Crippen molar-refractivity contribution in [2.45, 2.75) is 19.4 Å². The highest BCUT2D eigenvalue weighted by Gasteiger charge is 2.50. The van der Waals surface area contributed by atoms with Crippen LogP contribution in [0, 0.1) is 6.92 Å². The Morgan fingerprint density at radius 3 is 2.39 bits per heavy atom. The van der Waals surface area contributed by atoms with E-state index in [2.05, 4.69) is 34.7 Å². The van der Waals surface area contributed by atoms with Crippen LogP contribution < -0.4 is 20.5 Å². The van der Waals surface area contributed by atoms with Gasteiger partial charge in [0.1, 0.15) is 5.54 Å². The molecule has 4 rings (SSSR count). The second-order valence-electron chi connectivity index (χ2n) is 8.30. The Morgan fingerprint density at radius 2 is 1.71 bits per heavy atom. The molecule has 2 aromatic carbocycles. The zero-order valence-electron chi connectivity index (χ0n) is 17.9. The molecule has 0 saturated carbocycles. The van der Waals surface area contributed by atoms with E-state index in [4.69, 9.17) is 0 Å². The summed E-state index contributed by atoms with van der Waals surface area (Å²) in [6.45, 7) is 7.27. The largest absolute Gasteiger partial charge is 0.360 e. The highest BCUT2D eigenvalue weighted by molar-refractivity contribution is 6.08. The molecule has 0 spiro atoms. The highest BCUT2D eigenvalue weighted by atomic mass is 16.2. The average Bonchev–Trinajstić information content (AvgIpc) is 2.99. The molecule has 31 heavy (non-hydrogen) atoms. The normalized spacial score (nSPS) is 21.9. The Bertz CT molecular complexity index is 988. The number of rotatable bonds is 5. The van der Waals surface area contributed by atoms with Gasteiger partial charge < -0.3 is 15.1 Å². The van der Waals surface area contributed by atoms with Crippen LogP contribution >= 0.6 is 0 Å². The molecule has 2 saturated heterocycles. The zero-order chi connectivity index (χ0) is 22.0. The van der Waals surface area contributed by atoms with Crippen LogP contribution in [0.15, 0.2) is 54.6 Å². The van der Waals surface area contributed by atoms with Crippen molar-refractivity contribution in [3.8, 4) is 0 Å². The SMILES string of the molecule is Cc1ccccc1N1CC[NH+](CC(=O)NN2C(=O)N[C@](C)(c3ccccc3)C2=O)CC1. The Labute approximate surface area is 181 Å². The Hall–Kier alpha value is -3.39. The van der Waals surface area contributed by atoms with Gasteiger partial charge in [0.2, 0.25) is 0 Å². The number of hydrogen-bond donors (Lipinski definition) is 3. The van der Waals surface area contributed by atoms with Crippen molar-refractivity contribution in [2.24, 2.45) is 0 Å². The summed E-state index contributed by atoms with van der Waals surface area (Å²) in [5, 5.41) is 3.50. The zero-order valence-corrected chi connectivity index (χ0v) is 17.9. The monoisotopic (exact) mass is 422 g/mol. The van der Waals surface area contributed by atoms with Crippen LogP contribution in [0.3, 0.4) is 0 Å². The third-order valence-electron chi connectivity index (χ3n) is 6.12. The van der Waals surface area contributed by atoms with Crippen molar-refractivity contribution in [2.75, 3.05) is 37.6 Å². The summed E-state index contributed by atoms with van der Waals surface area (Å²) < 4.78 is 0. The number of piperazine rings is 1. The number of carbonyl (C=O) groups excluding carboxylic acids is 3. The minimum atomic E-state index is -1.20. The first-order chi connectivity index (χ1) is 14.9. The lowest BCUT2D eigenvalue weighted by molar-refractivity contribution is -0.892. The molecular formula is C23H28N5O3+. The number of nitrogens with one attached hydrogen (secondary N) is 3. The number of quaternary nitrogens is 1. The van der Waals surface area contributed by atoms with Crippen LogP contribution in [0.1, 0.15) is 18.1 Å². The van der Waals surface area contributed by atoms with Gasteiger partial charge in [0, 0.05) is 5.69 Å². The number of benzene rings is 2. The van der Waals surface area contributed by atoms with Gasteiger partial charge in [-0.1, -0.05) is 48.5 Å². The minimum absolute atomic E-state index is 0.209. The van der Waals surface area contributed by atoms with Crippen molar-refractivity contribution < 1.29 is 19.3 Å². The first-order valence-electron chi connectivity index (χ1n) is 10.5. The molecule has 0 unspecified atom stereocenters. The molecule has 4 amide bonds. The van der Waals surface area contributed by atoms with E-state index in [0.717, 1.165) is 36.1 Å². The summed E-state index contributed by atoms with van der Waals surface area (Å²) in [7, 11) is 0. The Kier molecular flexibility index (Phi) is 5.65. The average molecular weight is 423 g/mol.